The highest BCUT2D eigenvalue weighted by molar-refractivity contribution is 7.89. The first-order valence-electron chi connectivity index (χ1n) is 9.44. The molecule has 2 aromatic rings. The van der Waals surface area contributed by atoms with E-state index in [1.165, 1.54) is 24.3 Å². The van der Waals surface area contributed by atoms with Gasteiger partial charge < -0.3 is 5.32 Å². The van der Waals surface area contributed by atoms with Gasteiger partial charge in [0.1, 0.15) is 5.92 Å². The highest BCUT2D eigenvalue weighted by atomic mass is 32.2. The molecule has 0 saturated carbocycles. The molecule has 2 amide bonds. The Morgan fingerprint density at radius 3 is 2.33 bits per heavy atom. The van der Waals surface area contributed by atoms with Gasteiger partial charge in [-0.05, 0) is 60.6 Å². The average Bonchev–Trinajstić information content (AvgIpc) is 2.72. The smallest absolute Gasteiger partial charge is 0.269 e. The molecule has 0 aromatic heterocycles. The Labute approximate surface area is 172 Å². The first-order valence-corrected chi connectivity index (χ1v) is 10.9. The lowest BCUT2D eigenvalue weighted by Crippen LogP contribution is -2.46. The number of rotatable bonds is 3. The molecule has 156 valence electrons. The summed E-state index contributed by atoms with van der Waals surface area (Å²) in [6.07, 6.45) is 3.45. The molecule has 1 unspecified atom stereocenters. The highest BCUT2D eigenvalue weighted by Gasteiger charge is 2.45. The number of sulfonamides is 1. The second-order valence-electron chi connectivity index (χ2n) is 7.40. The molecule has 1 heterocycles. The molecule has 0 spiro atoms. The average molecular weight is 429 g/mol. The van der Waals surface area contributed by atoms with Gasteiger partial charge in [-0.3, -0.25) is 19.7 Å². The number of nitro groups is 1. The van der Waals surface area contributed by atoms with Crippen molar-refractivity contribution in [2.45, 2.75) is 36.5 Å². The number of amides is 2. The van der Waals surface area contributed by atoms with Gasteiger partial charge in [-0.1, -0.05) is 6.07 Å². The summed E-state index contributed by atoms with van der Waals surface area (Å²) in [5.41, 5.74) is 2.21. The van der Waals surface area contributed by atoms with E-state index in [0.29, 0.717) is 4.31 Å². The molecule has 0 bridgehead atoms. The van der Waals surface area contributed by atoms with Crippen LogP contribution in [0.3, 0.4) is 0 Å². The second kappa shape index (κ2) is 7.21. The lowest BCUT2D eigenvalue weighted by Gasteiger charge is -2.32. The van der Waals surface area contributed by atoms with E-state index in [1.54, 1.807) is 12.1 Å². The van der Waals surface area contributed by atoms with Crippen LogP contribution in [-0.2, 0) is 32.5 Å². The van der Waals surface area contributed by atoms with Crippen molar-refractivity contribution in [3.8, 4) is 0 Å². The molecule has 2 aliphatic rings. The maximum atomic E-state index is 13.0. The summed E-state index contributed by atoms with van der Waals surface area (Å²) in [6, 6.07) is 8.45. The second-order valence-corrected chi connectivity index (χ2v) is 9.34. The van der Waals surface area contributed by atoms with Crippen LogP contribution in [0.15, 0.2) is 41.3 Å². The maximum Gasteiger partial charge on any atom is 0.269 e. The number of nitrogens with zero attached hydrogens (tertiary/aromatic N) is 2. The van der Waals surface area contributed by atoms with Crippen LogP contribution in [0.2, 0.25) is 0 Å². The maximum absolute atomic E-state index is 13.0. The molecular weight excluding hydrogens is 410 g/mol. The van der Waals surface area contributed by atoms with Crippen molar-refractivity contribution in [3.05, 3.63) is 63.2 Å². The standard InChI is InChI=1S/C20H19N3O6S/c1-22-20(25)18(19(24)21-14-6-8-15(9-7-14)23(26)27)16-10-12-4-2-3-5-13(12)11-17(16)30(22,28)29/h6-11,18H,2-5H2,1H3,(H,21,24). The number of hydrogen-bond acceptors (Lipinski definition) is 6. The van der Waals surface area contributed by atoms with Crippen molar-refractivity contribution in [3.63, 3.8) is 0 Å². The zero-order valence-electron chi connectivity index (χ0n) is 16.1. The van der Waals surface area contributed by atoms with E-state index in [4.69, 9.17) is 0 Å². The summed E-state index contributed by atoms with van der Waals surface area (Å²) < 4.78 is 26.3. The first-order chi connectivity index (χ1) is 14.2. The normalized spacial score (nSPS) is 19.6. The molecule has 10 heteroatoms. The van der Waals surface area contributed by atoms with Gasteiger partial charge >= 0.3 is 0 Å². The summed E-state index contributed by atoms with van der Waals surface area (Å²) >= 11 is 0. The number of anilines is 1. The minimum Gasteiger partial charge on any atom is -0.325 e. The van der Waals surface area contributed by atoms with E-state index in [0.717, 1.165) is 43.9 Å². The van der Waals surface area contributed by atoms with Gasteiger partial charge in [0.25, 0.3) is 21.6 Å². The van der Waals surface area contributed by atoms with E-state index in [-0.39, 0.29) is 21.8 Å². The highest BCUT2D eigenvalue weighted by Crippen LogP contribution is 2.38. The number of carbonyl (C=O) groups excluding carboxylic acids is 2. The molecule has 30 heavy (non-hydrogen) atoms. The first kappa shape index (κ1) is 20.0. The van der Waals surface area contributed by atoms with E-state index < -0.39 is 32.7 Å². The van der Waals surface area contributed by atoms with E-state index in [9.17, 15) is 28.1 Å². The molecule has 0 radical (unpaired) electrons. The van der Waals surface area contributed by atoms with Crippen molar-refractivity contribution in [2.24, 2.45) is 0 Å². The van der Waals surface area contributed by atoms with Crippen molar-refractivity contribution in [1.82, 2.24) is 4.31 Å². The zero-order chi connectivity index (χ0) is 21.6. The molecule has 4 rings (SSSR count). The number of hydrogen-bond donors (Lipinski definition) is 1. The molecule has 0 saturated heterocycles. The number of non-ortho nitro benzene ring substituents is 1. The molecule has 1 atom stereocenters. The van der Waals surface area contributed by atoms with Gasteiger partial charge in [0, 0.05) is 24.9 Å². The minimum atomic E-state index is -4.03. The van der Waals surface area contributed by atoms with Crippen molar-refractivity contribution >= 4 is 33.2 Å². The minimum absolute atomic E-state index is 0.0194. The summed E-state index contributed by atoms with van der Waals surface area (Å²) in [4.78, 5) is 36.0. The Hall–Kier alpha value is -3.27. The van der Waals surface area contributed by atoms with Gasteiger partial charge in [-0.15, -0.1) is 0 Å². The monoisotopic (exact) mass is 429 g/mol. The van der Waals surface area contributed by atoms with Crippen LogP contribution < -0.4 is 5.32 Å². The summed E-state index contributed by atoms with van der Waals surface area (Å²) in [5, 5.41) is 13.4. The third-order valence-electron chi connectivity index (χ3n) is 5.59. The molecule has 0 fully saturated rings. The Bertz CT molecular complexity index is 1170. The van der Waals surface area contributed by atoms with Gasteiger partial charge in [0.2, 0.25) is 5.91 Å². The number of aryl methyl sites for hydroxylation is 2. The van der Waals surface area contributed by atoms with Gasteiger partial charge in [0.05, 0.1) is 9.82 Å². The quantitative estimate of drug-likeness (QED) is 0.453. The third kappa shape index (κ3) is 3.22. The van der Waals surface area contributed by atoms with Crippen molar-refractivity contribution < 1.29 is 22.9 Å². The fourth-order valence-corrected chi connectivity index (χ4v) is 5.35. The predicted octanol–water partition coefficient (Wildman–Crippen LogP) is 2.36. The Balaban J connectivity index is 1.75. The lowest BCUT2D eigenvalue weighted by atomic mass is 9.86. The number of carbonyl (C=O) groups is 2. The third-order valence-corrected chi connectivity index (χ3v) is 7.40. The molecule has 1 N–H and O–H groups in total. The SMILES string of the molecule is CN1C(=O)C(C(=O)Nc2ccc([N+](=O)[O-])cc2)c2cc3c(cc2S1(=O)=O)CCCC3. The molecule has 9 nitrogen and oxygen atoms in total. The van der Waals surface area contributed by atoms with Crippen LogP contribution >= 0.6 is 0 Å². The molecule has 2 aromatic carbocycles. The van der Waals surface area contributed by atoms with Gasteiger partial charge in [-0.25, -0.2) is 12.7 Å². The van der Waals surface area contributed by atoms with Crippen LogP contribution in [0.25, 0.3) is 0 Å². The van der Waals surface area contributed by atoms with Crippen molar-refractivity contribution in [1.29, 1.82) is 0 Å². The molecule has 1 aliphatic carbocycles. The number of benzene rings is 2. The van der Waals surface area contributed by atoms with E-state index in [2.05, 4.69) is 5.32 Å². The zero-order valence-corrected chi connectivity index (χ0v) is 16.9. The number of nitrogens with one attached hydrogen (secondary N) is 1. The van der Waals surface area contributed by atoms with Crippen LogP contribution in [0.4, 0.5) is 11.4 Å². The van der Waals surface area contributed by atoms with Gasteiger partial charge in [0.15, 0.2) is 0 Å². The van der Waals surface area contributed by atoms with Crippen molar-refractivity contribution in [2.75, 3.05) is 12.4 Å². The largest absolute Gasteiger partial charge is 0.325 e. The number of nitro benzene ring substituents is 1. The number of likely N-dealkylation sites (N-methyl/N-ethyl adjacent to an activating group) is 1. The Morgan fingerprint density at radius 2 is 1.73 bits per heavy atom. The van der Waals surface area contributed by atoms with Crippen LogP contribution in [0.5, 0.6) is 0 Å². The molecule has 1 aliphatic heterocycles. The summed E-state index contributed by atoms with van der Waals surface area (Å²) in [7, 11) is -2.88. The van der Waals surface area contributed by atoms with E-state index >= 15 is 0 Å². The van der Waals surface area contributed by atoms with Crippen LogP contribution in [-0.4, -0.2) is 36.5 Å². The van der Waals surface area contributed by atoms with Crippen LogP contribution in [0.1, 0.15) is 35.4 Å². The predicted molar refractivity (Wildman–Crippen MR) is 108 cm³/mol. The topological polar surface area (TPSA) is 127 Å². The van der Waals surface area contributed by atoms with E-state index in [1.807, 2.05) is 0 Å². The van der Waals surface area contributed by atoms with Crippen LogP contribution in [0, 0.1) is 10.1 Å². The van der Waals surface area contributed by atoms with Gasteiger partial charge in [-0.2, -0.15) is 0 Å². The molecular formula is C20H19N3O6S. The fourth-order valence-electron chi connectivity index (χ4n) is 3.95. The fraction of sp³-hybridized carbons (Fsp3) is 0.300. The summed E-state index contributed by atoms with van der Waals surface area (Å²) in [6.45, 7) is 0. The summed E-state index contributed by atoms with van der Waals surface area (Å²) in [5.74, 6) is -2.85. The Kier molecular flexibility index (Phi) is 4.81. The lowest BCUT2D eigenvalue weighted by molar-refractivity contribution is -0.384. The number of fused-ring (bicyclic) bond motifs is 2. The Morgan fingerprint density at radius 1 is 1.13 bits per heavy atom.